The number of sulfonamides is 1. The van der Waals surface area contributed by atoms with E-state index < -0.39 is 28.6 Å². The van der Waals surface area contributed by atoms with Gasteiger partial charge in [0, 0.05) is 0 Å². The highest BCUT2D eigenvalue weighted by Gasteiger charge is 2.25. The lowest BCUT2D eigenvalue weighted by atomic mass is 10.3. The minimum atomic E-state index is -3.90. The third kappa shape index (κ3) is 3.25. The monoisotopic (exact) mass is 329 g/mol. The van der Waals surface area contributed by atoms with Gasteiger partial charge in [0.25, 0.3) is 10.0 Å². The van der Waals surface area contributed by atoms with Crippen molar-refractivity contribution in [1.82, 2.24) is 4.72 Å². The van der Waals surface area contributed by atoms with Gasteiger partial charge in [0.1, 0.15) is 10.3 Å². The van der Waals surface area contributed by atoms with Gasteiger partial charge in [-0.1, -0.05) is 0 Å². The van der Waals surface area contributed by atoms with E-state index in [-0.39, 0.29) is 4.21 Å². The van der Waals surface area contributed by atoms with Gasteiger partial charge in [-0.05, 0) is 28.1 Å². The van der Waals surface area contributed by atoms with Gasteiger partial charge in [-0.25, -0.2) is 8.42 Å². The lowest BCUT2D eigenvalue weighted by molar-refractivity contribution is -0.139. The molecule has 90 valence electrons. The van der Waals surface area contributed by atoms with Crippen molar-refractivity contribution < 1.29 is 23.4 Å². The minimum absolute atomic E-state index is 0.0147. The molecule has 0 aromatic carbocycles. The number of rotatable bonds is 5. The van der Waals surface area contributed by atoms with Crippen LogP contribution in [0.2, 0.25) is 0 Å². The highest BCUT2D eigenvalue weighted by molar-refractivity contribution is 9.11. The first-order chi connectivity index (χ1) is 7.36. The van der Waals surface area contributed by atoms with Crippen molar-refractivity contribution >= 4 is 43.3 Å². The van der Waals surface area contributed by atoms with Gasteiger partial charge in [0.15, 0.2) is 0 Å². The Hall–Kier alpha value is -0.480. The lowest BCUT2D eigenvalue weighted by Crippen LogP contribution is -2.42. The Morgan fingerprint density at radius 1 is 1.56 bits per heavy atom. The molecule has 16 heavy (non-hydrogen) atoms. The average Bonchev–Trinajstić information content (AvgIpc) is 2.61. The predicted molar refractivity (Wildman–Crippen MR) is 60.9 cm³/mol. The number of nitrogens with one attached hydrogen (secondary N) is 1. The molecule has 0 aliphatic carbocycles. The molecule has 0 saturated heterocycles. The Morgan fingerprint density at radius 3 is 2.56 bits per heavy atom. The number of aliphatic hydroxyl groups is 1. The van der Waals surface area contributed by atoms with Crippen LogP contribution in [0.4, 0.5) is 0 Å². The van der Waals surface area contributed by atoms with Gasteiger partial charge in [0.05, 0.1) is 10.4 Å². The molecule has 1 rings (SSSR count). The Morgan fingerprint density at radius 2 is 2.19 bits per heavy atom. The molecule has 0 spiro atoms. The number of hydrogen-bond donors (Lipinski definition) is 3. The molecule has 6 nitrogen and oxygen atoms in total. The first kappa shape index (κ1) is 13.6. The van der Waals surface area contributed by atoms with E-state index in [9.17, 15) is 13.2 Å². The van der Waals surface area contributed by atoms with E-state index in [1.54, 1.807) is 0 Å². The van der Waals surface area contributed by atoms with Crippen LogP contribution in [0, 0.1) is 0 Å². The molecular formula is C7H8BrNO5S2. The van der Waals surface area contributed by atoms with Crippen molar-refractivity contribution in [2.75, 3.05) is 6.61 Å². The van der Waals surface area contributed by atoms with Crippen LogP contribution in [0.5, 0.6) is 0 Å². The predicted octanol–water partition coefficient (Wildman–Crippen LogP) is 0.234. The quantitative estimate of drug-likeness (QED) is 0.717. The summed E-state index contributed by atoms with van der Waals surface area (Å²) in [4.78, 5) is 10.6. The molecule has 0 bridgehead atoms. The molecule has 0 aliphatic heterocycles. The third-order valence-electron chi connectivity index (χ3n) is 1.59. The molecule has 0 aliphatic rings. The fraction of sp³-hybridized carbons (Fsp3) is 0.286. The first-order valence-corrected chi connectivity index (χ1v) is 7.07. The van der Waals surface area contributed by atoms with Crippen molar-refractivity contribution in [2.24, 2.45) is 0 Å². The minimum Gasteiger partial charge on any atom is -0.480 e. The summed E-state index contributed by atoms with van der Waals surface area (Å²) in [6.07, 6.45) is 0. The van der Waals surface area contributed by atoms with Crippen LogP contribution in [0.25, 0.3) is 0 Å². The number of halogens is 1. The number of carbonyl (C=O) groups is 1. The van der Waals surface area contributed by atoms with Crippen molar-refractivity contribution in [1.29, 1.82) is 0 Å². The first-order valence-electron chi connectivity index (χ1n) is 3.98. The molecule has 0 fully saturated rings. The van der Waals surface area contributed by atoms with Gasteiger partial charge in [0.2, 0.25) is 0 Å². The number of carboxylic acids is 1. The topological polar surface area (TPSA) is 104 Å². The zero-order chi connectivity index (χ0) is 12.3. The maximum atomic E-state index is 11.6. The number of aliphatic carboxylic acids is 1. The Bertz CT molecular complexity index is 483. The van der Waals surface area contributed by atoms with Gasteiger partial charge in [-0.3, -0.25) is 4.79 Å². The Labute approximate surface area is 104 Å². The van der Waals surface area contributed by atoms with Crippen LogP contribution in [-0.2, 0) is 14.8 Å². The Kier molecular flexibility index (Phi) is 4.44. The van der Waals surface area contributed by atoms with Crippen LogP contribution in [0.3, 0.4) is 0 Å². The molecule has 0 saturated carbocycles. The van der Waals surface area contributed by atoms with Crippen molar-refractivity contribution in [3.05, 3.63) is 15.9 Å². The summed E-state index contributed by atoms with van der Waals surface area (Å²) in [7, 11) is -3.90. The standard InChI is InChI=1S/C7H8BrNO5S2/c8-5-1-2-6(15-5)16(13,14)9-4(3-10)7(11)12/h1-2,4,9-10H,3H2,(H,11,12). The van der Waals surface area contributed by atoms with Gasteiger partial charge in [-0.2, -0.15) is 4.72 Å². The third-order valence-corrected chi connectivity index (χ3v) is 5.18. The molecule has 1 atom stereocenters. The van der Waals surface area contributed by atoms with Crippen molar-refractivity contribution in [3.63, 3.8) is 0 Å². The molecule has 0 radical (unpaired) electrons. The van der Waals surface area contributed by atoms with Gasteiger partial charge < -0.3 is 10.2 Å². The van der Waals surface area contributed by atoms with E-state index in [4.69, 9.17) is 10.2 Å². The summed E-state index contributed by atoms with van der Waals surface area (Å²) in [6.45, 7) is -0.804. The van der Waals surface area contributed by atoms with Gasteiger partial charge in [-0.15, -0.1) is 11.3 Å². The van der Waals surface area contributed by atoms with E-state index in [2.05, 4.69) is 15.9 Å². The van der Waals surface area contributed by atoms with E-state index >= 15 is 0 Å². The van der Waals surface area contributed by atoms with Gasteiger partial charge >= 0.3 is 5.97 Å². The second-order valence-corrected chi connectivity index (χ2v) is 7.16. The summed E-state index contributed by atoms with van der Waals surface area (Å²) < 4.78 is 25.7. The van der Waals surface area contributed by atoms with Crippen LogP contribution < -0.4 is 4.72 Å². The number of hydrogen-bond acceptors (Lipinski definition) is 5. The summed E-state index contributed by atoms with van der Waals surface area (Å²) in [5, 5.41) is 17.3. The molecular weight excluding hydrogens is 322 g/mol. The van der Waals surface area contributed by atoms with Crippen LogP contribution in [0.15, 0.2) is 20.1 Å². The van der Waals surface area contributed by atoms with Crippen molar-refractivity contribution in [3.8, 4) is 0 Å². The van der Waals surface area contributed by atoms with Crippen LogP contribution >= 0.6 is 27.3 Å². The van der Waals surface area contributed by atoms with Crippen molar-refractivity contribution in [2.45, 2.75) is 10.3 Å². The summed E-state index contributed by atoms with van der Waals surface area (Å²) in [5.74, 6) is -1.43. The Balaban J connectivity index is 2.91. The second kappa shape index (κ2) is 5.23. The summed E-state index contributed by atoms with van der Waals surface area (Å²) >= 11 is 4.05. The maximum Gasteiger partial charge on any atom is 0.324 e. The maximum absolute atomic E-state index is 11.6. The normalized spacial score (nSPS) is 13.6. The molecule has 0 amide bonds. The van der Waals surface area contributed by atoms with E-state index in [0.29, 0.717) is 3.79 Å². The molecule has 9 heteroatoms. The molecule has 1 unspecified atom stereocenters. The number of thiophene rings is 1. The summed E-state index contributed by atoms with van der Waals surface area (Å²) in [6, 6.07) is 1.34. The number of aliphatic hydroxyl groups excluding tert-OH is 1. The van der Waals surface area contributed by atoms with Crippen LogP contribution in [-0.4, -0.2) is 37.2 Å². The fourth-order valence-electron chi connectivity index (χ4n) is 0.853. The zero-order valence-electron chi connectivity index (χ0n) is 7.75. The lowest BCUT2D eigenvalue weighted by Gasteiger charge is -2.10. The largest absolute Gasteiger partial charge is 0.480 e. The summed E-state index contributed by atoms with van der Waals surface area (Å²) in [5.41, 5.74) is 0. The fourth-order valence-corrected chi connectivity index (χ4v) is 4.06. The van der Waals surface area contributed by atoms with Crippen LogP contribution in [0.1, 0.15) is 0 Å². The smallest absolute Gasteiger partial charge is 0.324 e. The van der Waals surface area contributed by atoms with E-state index in [1.807, 2.05) is 4.72 Å². The average molecular weight is 330 g/mol. The van der Waals surface area contributed by atoms with E-state index in [0.717, 1.165) is 11.3 Å². The van der Waals surface area contributed by atoms with E-state index in [1.165, 1.54) is 12.1 Å². The number of carboxylic acid groups (broad SMARTS) is 1. The highest BCUT2D eigenvalue weighted by Crippen LogP contribution is 2.25. The molecule has 1 heterocycles. The zero-order valence-corrected chi connectivity index (χ0v) is 11.0. The molecule has 3 N–H and O–H groups in total. The SMILES string of the molecule is O=C(O)C(CO)NS(=O)(=O)c1ccc(Br)s1. The second-order valence-electron chi connectivity index (χ2n) is 2.75. The molecule has 1 aromatic heterocycles. The highest BCUT2D eigenvalue weighted by atomic mass is 79.9. The molecule has 1 aromatic rings.